The lowest BCUT2D eigenvalue weighted by molar-refractivity contribution is 0.162. The average molecular weight is 344 g/mol. The highest BCUT2D eigenvalue weighted by Gasteiger charge is 2.06. The Morgan fingerprint density at radius 3 is 2.50 bits per heavy atom. The van der Waals surface area contributed by atoms with Crippen LogP contribution in [0.5, 0.6) is 5.75 Å². The summed E-state index contributed by atoms with van der Waals surface area (Å²) in [6.07, 6.45) is 3.93. The number of allylic oxidation sites excluding steroid dienone is 2. The quantitative estimate of drug-likeness (QED) is 0.778. The molecule has 0 bridgehead atoms. The summed E-state index contributed by atoms with van der Waals surface area (Å²) in [5, 5.41) is 1.17. The van der Waals surface area contributed by atoms with E-state index < -0.39 is 0 Å². The highest BCUT2D eigenvalue weighted by Crippen LogP contribution is 2.20. The molecular formula is C20H24O3S. The van der Waals surface area contributed by atoms with Crippen LogP contribution in [0.25, 0.3) is 22.7 Å². The van der Waals surface area contributed by atoms with Crippen LogP contribution in [0.4, 0.5) is 0 Å². The molecule has 1 aromatic heterocycles. The van der Waals surface area contributed by atoms with Crippen LogP contribution in [-0.2, 0) is 4.74 Å². The van der Waals surface area contributed by atoms with Gasteiger partial charge in [-0.1, -0.05) is 6.58 Å². The summed E-state index contributed by atoms with van der Waals surface area (Å²) in [7, 11) is 0. The molecule has 0 amide bonds. The Kier molecular flexibility index (Phi) is 5.84. The molecule has 0 unspecified atom stereocenters. The van der Waals surface area contributed by atoms with Gasteiger partial charge in [0.05, 0.1) is 12.2 Å². The van der Waals surface area contributed by atoms with E-state index in [1.807, 2.05) is 65.0 Å². The van der Waals surface area contributed by atoms with E-state index in [4.69, 9.17) is 9.47 Å². The van der Waals surface area contributed by atoms with E-state index in [2.05, 4.69) is 6.58 Å². The van der Waals surface area contributed by atoms with Gasteiger partial charge in [-0.3, -0.25) is 4.79 Å². The molecule has 1 heterocycles. The fraction of sp³-hybridized carbons (Fsp3) is 0.350. The standard InChI is InChI=1S/C20H24O3S/c1-7-15(22-12(2)3)10-18-14(6)20(21)17-9-8-16(23-13(4)5)11-19(17)24-18/h7-13H,6H2,1-5H3/b15-7+,18-10+. The molecule has 2 rings (SSSR count). The summed E-state index contributed by atoms with van der Waals surface area (Å²) in [5.41, 5.74) is -0.0499. The molecule has 0 saturated carbocycles. The van der Waals surface area contributed by atoms with Crippen molar-refractivity contribution < 1.29 is 9.47 Å². The van der Waals surface area contributed by atoms with Crippen LogP contribution < -0.4 is 19.9 Å². The molecule has 0 radical (unpaired) electrons. The van der Waals surface area contributed by atoms with Crippen LogP contribution in [0.15, 0.2) is 34.8 Å². The fourth-order valence-corrected chi connectivity index (χ4v) is 3.35. The third-order valence-corrected chi connectivity index (χ3v) is 4.43. The third kappa shape index (κ3) is 4.26. The van der Waals surface area contributed by atoms with E-state index in [0.29, 0.717) is 10.6 Å². The van der Waals surface area contributed by atoms with Crippen molar-refractivity contribution in [2.45, 2.75) is 46.8 Å². The van der Waals surface area contributed by atoms with Crippen molar-refractivity contribution in [3.63, 3.8) is 0 Å². The van der Waals surface area contributed by atoms with E-state index in [0.717, 1.165) is 20.7 Å². The van der Waals surface area contributed by atoms with Crippen molar-refractivity contribution in [2.75, 3.05) is 0 Å². The smallest absolute Gasteiger partial charge is 0.195 e. The number of hydrogen-bond acceptors (Lipinski definition) is 4. The Morgan fingerprint density at radius 2 is 1.92 bits per heavy atom. The molecule has 0 aliphatic heterocycles. The Hall–Kier alpha value is -2.07. The Morgan fingerprint density at radius 1 is 1.21 bits per heavy atom. The maximum Gasteiger partial charge on any atom is 0.195 e. The lowest BCUT2D eigenvalue weighted by atomic mass is 10.2. The number of ether oxygens (including phenoxy) is 2. The molecule has 0 aliphatic carbocycles. The summed E-state index contributed by atoms with van der Waals surface area (Å²) < 4.78 is 13.2. The zero-order valence-electron chi connectivity index (χ0n) is 14.9. The first-order valence-electron chi connectivity index (χ1n) is 8.09. The van der Waals surface area contributed by atoms with Gasteiger partial charge in [-0.25, -0.2) is 0 Å². The largest absolute Gasteiger partial charge is 0.491 e. The maximum absolute atomic E-state index is 12.6. The van der Waals surface area contributed by atoms with Gasteiger partial charge >= 0.3 is 0 Å². The van der Waals surface area contributed by atoms with Crippen LogP contribution in [0.1, 0.15) is 34.6 Å². The van der Waals surface area contributed by atoms with E-state index in [9.17, 15) is 4.79 Å². The SMILES string of the molecule is C=c1c(=O)c2ccc(OC(C)C)cc2s/c1=C/C(=C\C)OC(C)C. The van der Waals surface area contributed by atoms with Crippen molar-refractivity contribution in [3.05, 3.63) is 50.0 Å². The molecule has 1 aromatic carbocycles. The second-order valence-corrected chi connectivity index (χ2v) is 7.18. The van der Waals surface area contributed by atoms with Gasteiger partial charge in [0.25, 0.3) is 0 Å². The second kappa shape index (κ2) is 7.67. The van der Waals surface area contributed by atoms with Crippen molar-refractivity contribution in [1.29, 1.82) is 0 Å². The van der Waals surface area contributed by atoms with E-state index in [1.54, 1.807) is 0 Å². The number of rotatable bonds is 5. The first kappa shape index (κ1) is 18.3. The van der Waals surface area contributed by atoms with E-state index in [1.165, 1.54) is 11.3 Å². The summed E-state index contributed by atoms with van der Waals surface area (Å²) >= 11 is 1.52. The summed E-state index contributed by atoms with van der Waals surface area (Å²) in [5.74, 6) is 1.50. The molecule has 4 heteroatoms. The maximum atomic E-state index is 12.6. The van der Waals surface area contributed by atoms with Gasteiger partial charge in [0.15, 0.2) is 5.43 Å². The topological polar surface area (TPSA) is 35.5 Å². The van der Waals surface area contributed by atoms with Gasteiger partial charge in [0, 0.05) is 19.8 Å². The molecule has 0 spiro atoms. The van der Waals surface area contributed by atoms with Gasteiger partial charge in [-0.05, 0) is 65.0 Å². The third-order valence-electron chi connectivity index (χ3n) is 3.29. The molecule has 0 fully saturated rings. The molecular weight excluding hydrogens is 320 g/mol. The molecule has 0 saturated heterocycles. The Labute approximate surface area is 146 Å². The summed E-state index contributed by atoms with van der Waals surface area (Å²) in [6, 6.07) is 5.56. The van der Waals surface area contributed by atoms with Gasteiger partial charge in [0.2, 0.25) is 0 Å². The van der Waals surface area contributed by atoms with Gasteiger partial charge < -0.3 is 9.47 Å². The first-order valence-corrected chi connectivity index (χ1v) is 8.90. The van der Waals surface area contributed by atoms with Crippen molar-refractivity contribution in [2.24, 2.45) is 0 Å². The van der Waals surface area contributed by atoms with Crippen molar-refractivity contribution in [3.8, 4) is 5.75 Å². The minimum atomic E-state index is -0.0499. The molecule has 2 aromatic rings. The monoisotopic (exact) mass is 344 g/mol. The van der Waals surface area contributed by atoms with Crippen molar-refractivity contribution >= 4 is 34.1 Å². The van der Waals surface area contributed by atoms with Gasteiger partial charge in [0.1, 0.15) is 11.5 Å². The van der Waals surface area contributed by atoms with E-state index in [-0.39, 0.29) is 17.6 Å². The first-order chi connectivity index (χ1) is 11.3. The number of hydrogen-bond donors (Lipinski definition) is 0. The predicted molar refractivity (Wildman–Crippen MR) is 103 cm³/mol. The molecule has 0 atom stereocenters. The van der Waals surface area contributed by atoms with Gasteiger partial charge in [-0.15, -0.1) is 11.3 Å². The molecule has 0 aliphatic rings. The lowest BCUT2D eigenvalue weighted by Gasteiger charge is -2.11. The molecule has 0 N–H and O–H groups in total. The fourth-order valence-electron chi connectivity index (χ4n) is 2.28. The zero-order valence-corrected chi connectivity index (χ0v) is 15.7. The number of fused-ring (bicyclic) bond motifs is 1. The van der Waals surface area contributed by atoms with Crippen molar-refractivity contribution in [1.82, 2.24) is 0 Å². The summed E-state index contributed by atoms with van der Waals surface area (Å²) in [4.78, 5) is 12.6. The summed E-state index contributed by atoms with van der Waals surface area (Å²) in [6.45, 7) is 13.8. The predicted octanol–water partition coefficient (Wildman–Crippen LogP) is 3.57. The zero-order chi connectivity index (χ0) is 17.9. The van der Waals surface area contributed by atoms with Crippen LogP contribution >= 0.6 is 11.3 Å². The Balaban J connectivity index is 2.65. The Bertz CT molecular complexity index is 920. The minimum absolute atomic E-state index is 0.0499. The highest BCUT2D eigenvalue weighted by atomic mass is 32.1. The number of benzene rings is 1. The molecule has 128 valence electrons. The van der Waals surface area contributed by atoms with Crippen LogP contribution in [-0.4, -0.2) is 12.2 Å². The lowest BCUT2D eigenvalue weighted by Crippen LogP contribution is -2.36. The second-order valence-electron chi connectivity index (χ2n) is 6.10. The van der Waals surface area contributed by atoms with Crippen LogP contribution in [0.2, 0.25) is 0 Å². The van der Waals surface area contributed by atoms with Crippen LogP contribution in [0.3, 0.4) is 0 Å². The highest BCUT2D eigenvalue weighted by molar-refractivity contribution is 7.16. The molecule has 24 heavy (non-hydrogen) atoms. The van der Waals surface area contributed by atoms with E-state index >= 15 is 0 Å². The average Bonchev–Trinajstić information content (AvgIpc) is 2.50. The van der Waals surface area contributed by atoms with Crippen LogP contribution in [0, 0.1) is 0 Å². The normalized spacial score (nSPS) is 13.1. The van der Waals surface area contributed by atoms with Gasteiger partial charge in [-0.2, -0.15) is 0 Å². The minimum Gasteiger partial charge on any atom is -0.491 e. The molecule has 3 nitrogen and oxygen atoms in total.